The second-order valence-corrected chi connectivity index (χ2v) is 4.61. The standard InChI is InChI=1S/C13H17F3N2/c1-2-4-17-10-3-5-18(8-10)12-7-9(14)6-11(15)13(12)16/h6-7,10,17H,2-5,8H2,1H3. The Bertz CT molecular complexity index is 423. The minimum absolute atomic E-state index is 0.0216. The van der Waals surface area contributed by atoms with Crippen LogP contribution in [0.25, 0.3) is 0 Å². The number of nitrogens with zero attached hydrogens (tertiary/aromatic N) is 1. The predicted molar refractivity (Wildman–Crippen MR) is 65.2 cm³/mol. The van der Waals surface area contributed by atoms with Crippen LogP contribution < -0.4 is 10.2 Å². The van der Waals surface area contributed by atoms with Crippen LogP contribution in [0.2, 0.25) is 0 Å². The molecule has 100 valence electrons. The van der Waals surface area contributed by atoms with Crippen LogP contribution in [0, 0.1) is 17.5 Å². The zero-order valence-electron chi connectivity index (χ0n) is 10.3. The highest BCUT2D eigenvalue weighted by atomic mass is 19.2. The average molecular weight is 258 g/mol. The Morgan fingerprint density at radius 2 is 2.11 bits per heavy atom. The fourth-order valence-electron chi connectivity index (χ4n) is 2.27. The summed E-state index contributed by atoms with van der Waals surface area (Å²) in [5, 5.41) is 3.33. The van der Waals surface area contributed by atoms with Gasteiger partial charge in [0.1, 0.15) is 5.82 Å². The molecule has 18 heavy (non-hydrogen) atoms. The molecule has 2 nitrogen and oxygen atoms in total. The first-order valence-corrected chi connectivity index (χ1v) is 6.24. The summed E-state index contributed by atoms with van der Waals surface area (Å²) in [5.74, 6) is -2.84. The van der Waals surface area contributed by atoms with Crippen molar-refractivity contribution >= 4 is 5.69 Å². The van der Waals surface area contributed by atoms with Crippen molar-refractivity contribution in [1.82, 2.24) is 5.32 Å². The molecule has 0 radical (unpaired) electrons. The Morgan fingerprint density at radius 3 is 2.83 bits per heavy atom. The largest absolute Gasteiger partial charge is 0.367 e. The summed E-state index contributed by atoms with van der Waals surface area (Å²) in [6.07, 6.45) is 1.89. The second-order valence-electron chi connectivity index (χ2n) is 4.61. The van der Waals surface area contributed by atoms with Crippen LogP contribution in [-0.2, 0) is 0 Å². The summed E-state index contributed by atoms with van der Waals surface area (Å²) in [5.41, 5.74) is 0.0216. The number of nitrogens with one attached hydrogen (secondary N) is 1. The molecule has 1 unspecified atom stereocenters. The van der Waals surface area contributed by atoms with Crippen LogP contribution >= 0.6 is 0 Å². The molecule has 0 spiro atoms. The third kappa shape index (κ3) is 2.77. The zero-order chi connectivity index (χ0) is 13.1. The number of anilines is 1. The zero-order valence-corrected chi connectivity index (χ0v) is 10.3. The van der Waals surface area contributed by atoms with Crippen molar-refractivity contribution < 1.29 is 13.2 Å². The van der Waals surface area contributed by atoms with Gasteiger partial charge < -0.3 is 10.2 Å². The van der Waals surface area contributed by atoms with E-state index in [1.54, 1.807) is 4.90 Å². The molecule has 1 N–H and O–H groups in total. The molecule has 1 aliphatic heterocycles. The van der Waals surface area contributed by atoms with Gasteiger partial charge in [-0.1, -0.05) is 6.92 Å². The van der Waals surface area contributed by atoms with Crippen LogP contribution in [0.4, 0.5) is 18.9 Å². The second kappa shape index (κ2) is 5.61. The first-order chi connectivity index (χ1) is 8.61. The van der Waals surface area contributed by atoms with E-state index >= 15 is 0 Å². The van der Waals surface area contributed by atoms with E-state index in [0.717, 1.165) is 25.5 Å². The van der Waals surface area contributed by atoms with Gasteiger partial charge in [-0.3, -0.25) is 0 Å². The summed E-state index contributed by atoms with van der Waals surface area (Å²) >= 11 is 0. The molecule has 0 aliphatic carbocycles. The average Bonchev–Trinajstić information content (AvgIpc) is 2.79. The van der Waals surface area contributed by atoms with Crippen LogP contribution in [0.1, 0.15) is 19.8 Å². The molecule has 1 atom stereocenters. The maximum absolute atomic E-state index is 13.6. The third-order valence-corrected chi connectivity index (χ3v) is 3.19. The highest BCUT2D eigenvalue weighted by Gasteiger charge is 2.25. The first-order valence-electron chi connectivity index (χ1n) is 6.24. The number of halogens is 3. The number of hydrogen-bond donors (Lipinski definition) is 1. The molecule has 0 aromatic heterocycles. The number of rotatable bonds is 4. The van der Waals surface area contributed by atoms with Gasteiger partial charge in [-0.05, 0) is 19.4 Å². The van der Waals surface area contributed by atoms with Crippen molar-refractivity contribution in [2.24, 2.45) is 0 Å². The van der Waals surface area contributed by atoms with E-state index in [0.29, 0.717) is 19.2 Å². The van der Waals surface area contributed by atoms with Gasteiger partial charge in [0.05, 0.1) is 5.69 Å². The number of hydrogen-bond acceptors (Lipinski definition) is 2. The molecule has 0 saturated carbocycles. The van der Waals surface area contributed by atoms with Crippen molar-refractivity contribution in [3.05, 3.63) is 29.6 Å². The van der Waals surface area contributed by atoms with Crippen LogP contribution in [0.3, 0.4) is 0 Å². The Morgan fingerprint density at radius 1 is 1.33 bits per heavy atom. The van der Waals surface area contributed by atoms with Gasteiger partial charge in [-0.2, -0.15) is 0 Å². The lowest BCUT2D eigenvalue weighted by atomic mass is 10.2. The van der Waals surface area contributed by atoms with E-state index in [-0.39, 0.29) is 11.7 Å². The quantitative estimate of drug-likeness (QED) is 0.835. The molecule has 0 bridgehead atoms. The monoisotopic (exact) mass is 258 g/mol. The molecule has 0 amide bonds. The van der Waals surface area contributed by atoms with E-state index in [1.807, 2.05) is 0 Å². The van der Waals surface area contributed by atoms with Gasteiger partial charge in [0.25, 0.3) is 0 Å². The topological polar surface area (TPSA) is 15.3 Å². The first kappa shape index (κ1) is 13.2. The fourth-order valence-corrected chi connectivity index (χ4v) is 2.27. The highest BCUT2D eigenvalue weighted by Crippen LogP contribution is 2.26. The summed E-state index contributed by atoms with van der Waals surface area (Å²) in [4.78, 5) is 1.69. The van der Waals surface area contributed by atoms with Crippen molar-refractivity contribution in [2.45, 2.75) is 25.8 Å². The Labute approximate surface area is 105 Å². The molecule has 1 fully saturated rings. The van der Waals surface area contributed by atoms with Gasteiger partial charge in [-0.25, -0.2) is 13.2 Å². The molecule has 2 rings (SSSR count). The lowest BCUT2D eigenvalue weighted by Gasteiger charge is -2.20. The maximum Gasteiger partial charge on any atom is 0.182 e. The van der Waals surface area contributed by atoms with E-state index in [9.17, 15) is 13.2 Å². The molecule has 1 aromatic rings. The van der Waals surface area contributed by atoms with Gasteiger partial charge in [0.15, 0.2) is 11.6 Å². The highest BCUT2D eigenvalue weighted by molar-refractivity contribution is 5.49. The lowest BCUT2D eigenvalue weighted by Crippen LogP contribution is -2.33. The smallest absolute Gasteiger partial charge is 0.182 e. The minimum Gasteiger partial charge on any atom is -0.367 e. The molecule has 1 saturated heterocycles. The van der Waals surface area contributed by atoms with Gasteiger partial charge >= 0.3 is 0 Å². The lowest BCUT2D eigenvalue weighted by molar-refractivity contribution is 0.493. The fraction of sp³-hybridized carbons (Fsp3) is 0.538. The van der Waals surface area contributed by atoms with Crippen LogP contribution in [0.5, 0.6) is 0 Å². The maximum atomic E-state index is 13.6. The van der Waals surface area contributed by atoms with Crippen molar-refractivity contribution in [3.63, 3.8) is 0 Å². The van der Waals surface area contributed by atoms with E-state index in [4.69, 9.17) is 0 Å². The van der Waals surface area contributed by atoms with Crippen molar-refractivity contribution in [3.8, 4) is 0 Å². The molecular weight excluding hydrogens is 241 g/mol. The van der Waals surface area contributed by atoms with Gasteiger partial charge in [0.2, 0.25) is 0 Å². The summed E-state index contributed by atoms with van der Waals surface area (Å²) in [6, 6.07) is 1.89. The van der Waals surface area contributed by atoms with Crippen LogP contribution in [-0.4, -0.2) is 25.7 Å². The molecule has 1 aliphatic rings. The summed E-state index contributed by atoms with van der Waals surface area (Å²) in [7, 11) is 0. The summed E-state index contributed by atoms with van der Waals surface area (Å²) < 4.78 is 39.9. The van der Waals surface area contributed by atoms with Crippen molar-refractivity contribution in [1.29, 1.82) is 0 Å². The van der Waals surface area contributed by atoms with Gasteiger partial charge in [0, 0.05) is 31.3 Å². The predicted octanol–water partition coefficient (Wildman–Crippen LogP) is 2.68. The molecular formula is C13H17F3N2. The van der Waals surface area contributed by atoms with E-state index in [2.05, 4.69) is 12.2 Å². The van der Waals surface area contributed by atoms with Crippen LogP contribution in [0.15, 0.2) is 12.1 Å². The molecule has 5 heteroatoms. The SMILES string of the molecule is CCCNC1CCN(c2cc(F)cc(F)c2F)C1. The summed E-state index contributed by atoms with van der Waals surface area (Å²) in [6.45, 7) is 4.17. The Balaban J connectivity index is 2.09. The minimum atomic E-state index is -1.13. The van der Waals surface area contributed by atoms with Gasteiger partial charge in [-0.15, -0.1) is 0 Å². The Hall–Kier alpha value is -1.23. The molecule has 1 aromatic carbocycles. The van der Waals surface area contributed by atoms with E-state index in [1.165, 1.54) is 0 Å². The molecule has 1 heterocycles. The van der Waals surface area contributed by atoms with E-state index < -0.39 is 17.5 Å². The third-order valence-electron chi connectivity index (χ3n) is 3.19. The normalized spacial score (nSPS) is 19.6. The number of benzene rings is 1. The Kier molecular flexibility index (Phi) is 4.11. The van der Waals surface area contributed by atoms with Crippen molar-refractivity contribution in [2.75, 3.05) is 24.5 Å².